The molecule has 2 rings (SSSR count). The molecule has 2 aromatic rings. The zero-order valence-corrected chi connectivity index (χ0v) is 12.3. The van der Waals surface area contributed by atoms with E-state index in [1.54, 1.807) is 19.2 Å². The summed E-state index contributed by atoms with van der Waals surface area (Å²) in [6.45, 7) is 2.52. The number of hydrogen-bond acceptors (Lipinski definition) is 3. The Morgan fingerprint density at radius 1 is 1.14 bits per heavy atom. The van der Waals surface area contributed by atoms with Crippen molar-refractivity contribution in [3.8, 4) is 5.75 Å². The van der Waals surface area contributed by atoms with Gasteiger partial charge in [-0.25, -0.2) is 0 Å². The molecule has 0 heterocycles. The van der Waals surface area contributed by atoms with E-state index in [1.165, 1.54) is 0 Å². The van der Waals surface area contributed by atoms with Gasteiger partial charge in [-0.15, -0.1) is 0 Å². The first kappa shape index (κ1) is 14.9. The van der Waals surface area contributed by atoms with Gasteiger partial charge in [-0.05, 0) is 43.2 Å². The summed E-state index contributed by atoms with van der Waals surface area (Å²) >= 11 is 0. The molecule has 0 atom stereocenters. The lowest BCUT2D eigenvalue weighted by molar-refractivity contribution is 0.0955. The Balaban J connectivity index is 1.95. The number of carbonyl (C=O) groups excluding carboxylic acids is 1. The average molecular weight is 284 g/mol. The molecule has 0 unspecified atom stereocenters. The number of aromatic hydroxyl groups is 1. The van der Waals surface area contributed by atoms with Crippen molar-refractivity contribution >= 4 is 11.6 Å². The molecular weight excluding hydrogens is 264 g/mol. The van der Waals surface area contributed by atoms with Crippen molar-refractivity contribution in [3.63, 3.8) is 0 Å². The van der Waals surface area contributed by atoms with Gasteiger partial charge in [0.25, 0.3) is 5.91 Å². The normalized spacial score (nSPS) is 10.2. The number of phenols is 1. The topological polar surface area (TPSA) is 61.4 Å². The van der Waals surface area contributed by atoms with Gasteiger partial charge in [0.15, 0.2) is 0 Å². The van der Waals surface area contributed by atoms with E-state index in [0.29, 0.717) is 12.1 Å². The zero-order chi connectivity index (χ0) is 15.2. The molecule has 0 radical (unpaired) electrons. The Labute approximate surface area is 124 Å². The molecule has 4 heteroatoms. The largest absolute Gasteiger partial charge is 0.508 e. The van der Waals surface area contributed by atoms with Crippen molar-refractivity contribution in [2.45, 2.75) is 13.3 Å². The number of amides is 1. The maximum atomic E-state index is 12.2. The summed E-state index contributed by atoms with van der Waals surface area (Å²) < 4.78 is 0. The standard InChI is InChI=1S/C17H20N2O2/c1-12-3-8-16(18-2)15(11-12)17(21)19-10-9-13-4-6-14(20)7-5-13/h3-8,11,18,20H,9-10H2,1-2H3,(H,19,21). The lowest BCUT2D eigenvalue weighted by Gasteiger charge is -2.11. The average Bonchev–Trinajstić information content (AvgIpc) is 2.49. The summed E-state index contributed by atoms with van der Waals surface area (Å²) in [5.74, 6) is 0.169. The van der Waals surface area contributed by atoms with Crippen LogP contribution in [0.15, 0.2) is 42.5 Å². The van der Waals surface area contributed by atoms with E-state index in [2.05, 4.69) is 10.6 Å². The van der Waals surface area contributed by atoms with Gasteiger partial charge in [0, 0.05) is 19.3 Å². The predicted octanol–water partition coefficient (Wildman–Crippen LogP) is 2.71. The van der Waals surface area contributed by atoms with Gasteiger partial charge in [-0.2, -0.15) is 0 Å². The number of anilines is 1. The Bertz CT molecular complexity index is 621. The molecule has 1 amide bonds. The SMILES string of the molecule is CNc1ccc(C)cc1C(=O)NCCc1ccc(O)cc1. The van der Waals surface area contributed by atoms with Crippen molar-refractivity contribution in [2.75, 3.05) is 18.9 Å². The molecule has 0 aromatic heterocycles. The van der Waals surface area contributed by atoms with E-state index in [9.17, 15) is 9.90 Å². The van der Waals surface area contributed by atoms with Gasteiger partial charge in [0.2, 0.25) is 0 Å². The maximum absolute atomic E-state index is 12.2. The van der Waals surface area contributed by atoms with Crippen LogP contribution in [0, 0.1) is 6.92 Å². The maximum Gasteiger partial charge on any atom is 0.253 e. The van der Waals surface area contributed by atoms with E-state index in [-0.39, 0.29) is 11.7 Å². The molecule has 0 aliphatic heterocycles. The second-order valence-electron chi connectivity index (χ2n) is 4.97. The summed E-state index contributed by atoms with van der Waals surface area (Å²) in [7, 11) is 1.80. The quantitative estimate of drug-likeness (QED) is 0.791. The minimum Gasteiger partial charge on any atom is -0.508 e. The van der Waals surface area contributed by atoms with Gasteiger partial charge in [-0.3, -0.25) is 4.79 Å². The van der Waals surface area contributed by atoms with Crippen LogP contribution in [-0.2, 0) is 6.42 Å². The molecule has 0 saturated heterocycles. The van der Waals surface area contributed by atoms with Crippen molar-refractivity contribution in [1.82, 2.24) is 5.32 Å². The summed E-state index contributed by atoms with van der Waals surface area (Å²) in [6.07, 6.45) is 0.729. The monoisotopic (exact) mass is 284 g/mol. The highest BCUT2D eigenvalue weighted by molar-refractivity contribution is 5.99. The summed E-state index contributed by atoms with van der Waals surface area (Å²) in [4.78, 5) is 12.2. The first-order valence-corrected chi connectivity index (χ1v) is 6.94. The minimum atomic E-state index is -0.0816. The molecule has 0 aliphatic rings. The molecule has 0 saturated carbocycles. The molecule has 3 N–H and O–H groups in total. The molecule has 0 bridgehead atoms. The highest BCUT2D eigenvalue weighted by Gasteiger charge is 2.10. The molecule has 110 valence electrons. The zero-order valence-electron chi connectivity index (χ0n) is 12.3. The number of nitrogens with one attached hydrogen (secondary N) is 2. The highest BCUT2D eigenvalue weighted by Crippen LogP contribution is 2.16. The Morgan fingerprint density at radius 2 is 1.86 bits per heavy atom. The smallest absolute Gasteiger partial charge is 0.253 e. The van der Waals surface area contributed by atoms with Crippen LogP contribution < -0.4 is 10.6 Å². The molecule has 2 aromatic carbocycles. The Morgan fingerprint density at radius 3 is 2.52 bits per heavy atom. The van der Waals surface area contributed by atoms with E-state index < -0.39 is 0 Å². The third-order valence-electron chi connectivity index (χ3n) is 3.32. The lowest BCUT2D eigenvalue weighted by atomic mass is 10.1. The van der Waals surface area contributed by atoms with Crippen LogP contribution in [0.4, 0.5) is 5.69 Å². The second-order valence-corrected chi connectivity index (χ2v) is 4.97. The van der Waals surface area contributed by atoms with Crippen molar-refractivity contribution in [2.24, 2.45) is 0 Å². The van der Waals surface area contributed by atoms with Crippen LogP contribution in [0.1, 0.15) is 21.5 Å². The second kappa shape index (κ2) is 6.79. The molecule has 4 nitrogen and oxygen atoms in total. The molecular formula is C17H20N2O2. The highest BCUT2D eigenvalue weighted by atomic mass is 16.3. The van der Waals surface area contributed by atoms with E-state index >= 15 is 0 Å². The predicted molar refractivity (Wildman–Crippen MR) is 84.9 cm³/mol. The first-order valence-electron chi connectivity index (χ1n) is 6.94. The lowest BCUT2D eigenvalue weighted by Crippen LogP contribution is -2.26. The number of benzene rings is 2. The molecule has 0 aliphatic carbocycles. The van der Waals surface area contributed by atoms with Crippen LogP contribution in [0.25, 0.3) is 0 Å². The van der Waals surface area contributed by atoms with Crippen molar-refractivity contribution < 1.29 is 9.90 Å². The van der Waals surface area contributed by atoms with Gasteiger partial charge in [0.1, 0.15) is 5.75 Å². The fraction of sp³-hybridized carbons (Fsp3) is 0.235. The third-order valence-corrected chi connectivity index (χ3v) is 3.32. The van der Waals surface area contributed by atoms with Crippen LogP contribution in [-0.4, -0.2) is 24.6 Å². The summed E-state index contributed by atoms with van der Waals surface area (Å²) in [6, 6.07) is 12.8. The van der Waals surface area contributed by atoms with Crippen LogP contribution in [0.5, 0.6) is 5.75 Å². The van der Waals surface area contributed by atoms with E-state index in [4.69, 9.17) is 0 Å². The van der Waals surface area contributed by atoms with E-state index in [0.717, 1.165) is 23.2 Å². The number of phenolic OH excluding ortho intramolecular Hbond substituents is 1. The Kier molecular flexibility index (Phi) is 4.82. The number of aryl methyl sites for hydroxylation is 1. The minimum absolute atomic E-state index is 0.0816. The fourth-order valence-electron chi connectivity index (χ4n) is 2.14. The first-order chi connectivity index (χ1) is 10.1. The van der Waals surface area contributed by atoms with Crippen LogP contribution >= 0.6 is 0 Å². The van der Waals surface area contributed by atoms with E-state index in [1.807, 2.05) is 37.3 Å². The summed E-state index contributed by atoms with van der Waals surface area (Å²) in [5, 5.41) is 15.2. The van der Waals surface area contributed by atoms with Gasteiger partial charge < -0.3 is 15.7 Å². The van der Waals surface area contributed by atoms with Gasteiger partial charge >= 0.3 is 0 Å². The number of rotatable bonds is 5. The van der Waals surface area contributed by atoms with Crippen molar-refractivity contribution in [3.05, 3.63) is 59.2 Å². The molecule has 21 heavy (non-hydrogen) atoms. The van der Waals surface area contributed by atoms with Gasteiger partial charge in [0.05, 0.1) is 5.56 Å². The number of carbonyl (C=O) groups is 1. The Hall–Kier alpha value is -2.49. The van der Waals surface area contributed by atoms with Crippen molar-refractivity contribution in [1.29, 1.82) is 0 Å². The number of hydrogen-bond donors (Lipinski definition) is 3. The van der Waals surface area contributed by atoms with Crippen LogP contribution in [0.2, 0.25) is 0 Å². The summed E-state index contributed by atoms with van der Waals surface area (Å²) in [5.41, 5.74) is 3.61. The van der Waals surface area contributed by atoms with Crippen LogP contribution in [0.3, 0.4) is 0 Å². The fourth-order valence-corrected chi connectivity index (χ4v) is 2.14. The molecule has 0 fully saturated rings. The van der Waals surface area contributed by atoms with Gasteiger partial charge in [-0.1, -0.05) is 23.8 Å². The third kappa shape index (κ3) is 3.99. The molecule has 0 spiro atoms.